The van der Waals surface area contributed by atoms with E-state index in [0.717, 1.165) is 46.3 Å². The van der Waals surface area contributed by atoms with Crippen molar-refractivity contribution in [2.24, 2.45) is 0 Å². The van der Waals surface area contributed by atoms with Crippen LogP contribution in [0.4, 0.5) is 5.82 Å². The molecule has 108 valence electrons. The lowest BCUT2D eigenvalue weighted by Gasteiger charge is -2.14. The molecule has 0 fully saturated rings. The zero-order chi connectivity index (χ0) is 15.0. The molecule has 0 saturated carbocycles. The van der Waals surface area contributed by atoms with Crippen LogP contribution in [0.3, 0.4) is 0 Å². The number of nitrogen functional groups attached to an aromatic ring is 1. The Hall–Kier alpha value is -1.38. The van der Waals surface area contributed by atoms with Gasteiger partial charge in [0.15, 0.2) is 0 Å². The van der Waals surface area contributed by atoms with E-state index < -0.39 is 0 Å². The van der Waals surface area contributed by atoms with Crippen molar-refractivity contribution in [3.8, 4) is 16.5 Å². The number of thiophene rings is 1. The van der Waals surface area contributed by atoms with Gasteiger partial charge >= 0.3 is 0 Å². The first kappa shape index (κ1) is 14.6. The van der Waals surface area contributed by atoms with Gasteiger partial charge in [0.25, 0.3) is 0 Å². The van der Waals surface area contributed by atoms with E-state index in [0.29, 0.717) is 11.4 Å². The molecule has 0 bridgehead atoms. The smallest absolute Gasteiger partial charge is 0.142 e. The Balaban J connectivity index is 2.30. The van der Waals surface area contributed by atoms with Crippen molar-refractivity contribution in [1.29, 1.82) is 5.26 Å². The van der Waals surface area contributed by atoms with Crippen molar-refractivity contribution >= 4 is 33.1 Å². The highest BCUT2D eigenvalue weighted by Crippen LogP contribution is 2.41. The van der Waals surface area contributed by atoms with E-state index >= 15 is 0 Å². The molecule has 2 aromatic heterocycles. The number of fused-ring (bicyclic) bond motifs is 1. The van der Waals surface area contributed by atoms with E-state index in [2.05, 4.69) is 40.0 Å². The lowest BCUT2D eigenvalue weighted by Crippen LogP contribution is -2.06. The third-order valence-electron chi connectivity index (χ3n) is 3.97. The molecule has 0 amide bonds. The largest absolute Gasteiger partial charge is 0.383 e. The normalized spacial score (nSPS) is 14.3. The molecule has 5 heteroatoms. The van der Waals surface area contributed by atoms with E-state index in [9.17, 15) is 5.26 Å². The van der Waals surface area contributed by atoms with Crippen LogP contribution in [0.5, 0.6) is 0 Å². The maximum Gasteiger partial charge on any atom is 0.142 e. The van der Waals surface area contributed by atoms with Crippen molar-refractivity contribution in [2.45, 2.75) is 39.0 Å². The molecule has 0 aliphatic heterocycles. The summed E-state index contributed by atoms with van der Waals surface area (Å²) >= 11 is 5.27. The second kappa shape index (κ2) is 5.78. The monoisotopic (exact) mass is 361 g/mol. The molecule has 0 spiro atoms. The van der Waals surface area contributed by atoms with Crippen molar-refractivity contribution in [3.63, 3.8) is 0 Å². The Kier molecular flexibility index (Phi) is 4.01. The van der Waals surface area contributed by atoms with Gasteiger partial charge in [-0.1, -0.05) is 6.42 Å². The summed E-state index contributed by atoms with van der Waals surface area (Å²) in [6, 6.07) is 4.36. The van der Waals surface area contributed by atoms with Crippen LogP contribution in [0.25, 0.3) is 10.4 Å². The Morgan fingerprint density at radius 2 is 2.10 bits per heavy atom. The molecule has 0 radical (unpaired) electrons. The fourth-order valence-electron chi connectivity index (χ4n) is 2.91. The fraction of sp³-hybridized carbons (Fsp3) is 0.375. The molecule has 21 heavy (non-hydrogen) atoms. The maximum atomic E-state index is 9.53. The lowest BCUT2D eigenvalue weighted by molar-refractivity contribution is 0.709. The molecular weight excluding hydrogens is 346 g/mol. The average molecular weight is 362 g/mol. The number of anilines is 1. The molecule has 2 N–H and O–H groups in total. The molecule has 0 unspecified atom stereocenters. The van der Waals surface area contributed by atoms with Crippen LogP contribution in [-0.2, 0) is 12.8 Å². The van der Waals surface area contributed by atoms with Gasteiger partial charge in [0.1, 0.15) is 17.5 Å². The van der Waals surface area contributed by atoms with Crippen LogP contribution in [-0.4, -0.2) is 4.98 Å². The van der Waals surface area contributed by atoms with Crippen LogP contribution < -0.4 is 5.73 Å². The summed E-state index contributed by atoms with van der Waals surface area (Å²) in [5, 5.41) is 9.53. The quantitative estimate of drug-likeness (QED) is 0.754. The van der Waals surface area contributed by atoms with E-state index in [1.807, 2.05) is 0 Å². The van der Waals surface area contributed by atoms with Crippen molar-refractivity contribution in [1.82, 2.24) is 4.98 Å². The minimum Gasteiger partial charge on any atom is -0.383 e. The number of aryl methyl sites for hydroxylation is 2. The first-order valence-corrected chi connectivity index (χ1v) is 8.70. The summed E-state index contributed by atoms with van der Waals surface area (Å²) in [4.78, 5) is 6.84. The molecule has 1 aliphatic carbocycles. The number of nitrogens with zero attached hydrogens (tertiary/aromatic N) is 2. The van der Waals surface area contributed by atoms with E-state index in [4.69, 9.17) is 5.73 Å². The second-order valence-corrected chi connectivity index (χ2v) is 7.47. The Bertz CT molecular complexity index is 723. The van der Waals surface area contributed by atoms with Gasteiger partial charge in [0, 0.05) is 25.5 Å². The van der Waals surface area contributed by atoms with Crippen LogP contribution in [0, 0.1) is 18.3 Å². The zero-order valence-electron chi connectivity index (χ0n) is 11.9. The molecule has 3 rings (SSSR count). The number of hydrogen-bond acceptors (Lipinski definition) is 4. The Morgan fingerprint density at radius 1 is 1.33 bits per heavy atom. The highest BCUT2D eigenvalue weighted by atomic mass is 79.9. The summed E-state index contributed by atoms with van der Waals surface area (Å²) in [6.07, 6.45) is 5.47. The third-order valence-corrected chi connectivity index (χ3v) is 6.12. The van der Waals surface area contributed by atoms with Gasteiger partial charge in [-0.25, -0.2) is 4.98 Å². The zero-order valence-corrected chi connectivity index (χ0v) is 14.3. The van der Waals surface area contributed by atoms with Crippen LogP contribution in [0.1, 0.15) is 41.0 Å². The molecule has 0 saturated heterocycles. The first-order valence-electron chi connectivity index (χ1n) is 7.09. The van der Waals surface area contributed by atoms with E-state index in [1.54, 1.807) is 11.3 Å². The molecule has 2 heterocycles. The van der Waals surface area contributed by atoms with Crippen LogP contribution in [0.2, 0.25) is 0 Å². The lowest BCUT2D eigenvalue weighted by atomic mass is 9.96. The molecule has 0 atom stereocenters. The van der Waals surface area contributed by atoms with Crippen LogP contribution in [0.15, 0.2) is 10.5 Å². The number of hydrogen-bond donors (Lipinski definition) is 1. The van der Waals surface area contributed by atoms with Gasteiger partial charge in [0.2, 0.25) is 0 Å². The minimum absolute atomic E-state index is 0.371. The first-order chi connectivity index (χ1) is 10.1. The topological polar surface area (TPSA) is 62.7 Å². The molecule has 1 aliphatic rings. The van der Waals surface area contributed by atoms with Crippen LogP contribution >= 0.6 is 27.3 Å². The average Bonchev–Trinajstić information content (AvgIpc) is 2.65. The highest BCUT2D eigenvalue weighted by Gasteiger charge is 2.22. The van der Waals surface area contributed by atoms with Gasteiger partial charge in [-0.05, 0) is 60.2 Å². The van der Waals surface area contributed by atoms with Gasteiger partial charge in [-0.15, -0.1) is 11.3 Å². The Morgan fingerprint density at radius 3 is 2.76 bits per heavy atom. The Labute approximate surface area is 136 Å². The third kappa shape index (κ3) is 2.58. The minimum atomic E-state index is 0.371. The van der Waals surface area contributed by atoms with E-state index in [1.165, 1.54) is 16.9 Å². The van der Waals surface area contributed by atoms with Crippen molar-refractivity contribution in [2.75, 3.05) is 5.73 Å². The number of halogens is 1. The molecule has 2 aromatic rings. The summed E-state index contributed by atoms with van der Waals surface area (Å²) < 4.78 is 1.09. The summed E-state index contributed by atoms with van der Waals surface area (Å²) in [7, 11) is 0. The van der Waals surface area contributed by atoms with E-state index in [-0.39, 0.29) is 0 Å². The molecule has 3 nitrogen and oxygen atoms in total. The van der Waals surface area contributed by atoms with Crippen molar-refractivity contribution < 1.29 is 0 Å². The molecular formula is C16H16BrN3S. The number of nitrogens with two attached hydrogens (primary N) is 1. The predicted octanol–water partition coefficient (Wildman–Crippen LogP) is 4.60. The number of nitriles is 1. The predicted molar refractivity (Wildman–Crippen MR) is 90.4 cm³/mol. The van der Waals surface area contributed by atoms with Crippen molar-refractivity contribution in [3.05, 3.63) is 32.2 Å². The van der Waals surface area contributed by atoms with Gasteiger partial charge in [-0.2, -0.15) is 5.26 Å². The standard InChI is InChI=1S/C16H16BrN3S/c1-9-12(17)7-14(21-9)15-10-5-3-2-4-6-13(10)20-16(19)11(15)8-18/h7H,2-6H2,1H3,(H2,19,20). The molecule has 0 aromatic carbocycles. The number of pyridine rings is 1. The summed E-state index contributed by atoms with van der Waals surface area (Å²) in [5.41, 5.74) is 9.91. The summed E-state index contributed by atoms with van der Waals surface area (Å²) in [6.45, 7) is 2.08. The van der Waals surface area contributed by atoms with Gasteiger partial charge < -0.3 is 5.73 Å². The number of rotatable bonds is 1. The fourth-order valence-corrected chi connectivity index (χ4v) is 4.52. The summed E-state index contributed by atoms with van der Waals surface area (Å²) in [5.74, 6) is 0.371. The highest BCUT2D eigenvalue weighted by molar-refractivity contribution is 9.10. The SMILES string of the molecule is Cc1sc(-c2c(C#N)c(N)nc3c2CCCCC3)cc1Br. The number of aromatic nitrogens is 1. The van der Waals surface area contributed by atoms with Gasteiger partial charge in [-0.3, -0.25) is 0 Å². The van der Waals surface area contributed by atoms with Gasteiger partial charge in [0.05, 0.1) is 0 Å². The maximum absolute atomic E-state index is 9.53. The second-order valence-electron chi connectivity index (χ2n) is 5.36.